The van der Waals surface area contributed by atoms with Crippen molar-refractivity contribution in [2.75, 3.05) is 0 Å². The molecule has 2 aromatic carbocycles. The Bertz CT molecular complexity index is 686. The Kier molecular flexibility index (Phi) is 15.5. The lowest BCUT2D eigenvalue weighted by Gasteiger charge is -2.45. The summed E-state index contributed by atoms with van der Waals surface area (Å²) in [4.78, 5) is 0. The van der Waals surface area contributed by atoms with Crippen molar-refractivity contribution in [1.29, 1.82) is 0 Å². The average Bonchev–Trinajstić information content (AvgIpc) is 2.84. The fraction of sp³-hybridized carbons (Fsp3) is 0.625. The highest BCUT2D eigenvalue weighted by molar-refractivity contribution is 5.85. The SMILES string of the molecule is CCCCCCCCCCCCCCCCC(C)(C)C(N)(c1ccccc1)c1ccccc1.Cl. The van der Waals surface area contributed by atoms with E-state index in [2.05, 4.69) is 81.4 Å². The summed E-state index contributed by atoms with van der Waals surface area (Å²) >= 11 is 0. The third-order valence-electron chi connectivity index (χ3n) is 7.68. The molecule has 2 rings (SSSR count). The van der Waals surface area contributed by atoms with Crippen LogP contribution in [0.3, 0.4) is 0 Å². The Labute approximate surface area is 217 Å². The largest absolute Gasteiger partial charge is 0.317 e. The van der Waals surface area contributed by atoms with Crippen molar-refractivity contribution in [3.8, 4) is 0 Å². The number of halogens is 1. The second kappa shape index (κ2) is 17.2. The number of benzene rings is 2. The van der Waals surface area contributed by atoms with Crippen LogP contribution in [0.15, 0.2) is 60.7 Å². The van der Waals surface area contributed by atoms with Gasteiger partial charge in [0.05, 0.1) is 5.54 Å². The molecule has 0 fully saturated rings. The molecule has 0 saturated carbocycles. The summed E-state index contributed by atoms with van der Waals surface area (Å²) in [7, 11) is 0. The van der Waals surface area contributed by atoms with E-state index in [4.69, 9.17) is 5.73 Å². The summed E-state index contributed by atoms with van der Waals surface area (Å²) in [6.45, 7) is 7.01. The molecule has 0 bridgehead atoms. The van der Waals surface area contributed by atoms with E-state index in [0.717, 1.165) is 6.42 Å². The van der Waals surface area contributed by atoms with Crippen LogP contribution in [-0.2, 0) is 5.54 Å². The number of nitrogens with two attached hydrogens (primary N) is 1. The first-order valence-electron chi connectivity index (χ1n) is 13.9. The van der Waals surface area contributed by atoms with Crippen molar-refractivity contribution in [1.82, 2.24) is 0 Å². The Morgan fingerprint density at radius 3 is 1.21 bits per heavy atom. The summed E-state index contributed by atoms with van der Waals surface area (Å²) in [5.74, 6) is 0. The van der Waals surface area contributed by atoms with E-state index in [1.165, 1.54) is 101 Å². The first kappa shape index (κ1) is 30.7. The Morgan fingerprint density at radius 2 is 0.853 bits per heavy atom. The van der Waals surface area contributed by atoms with Gasteiger partial charge in [-0.3, -0.25) is 0 Å². The monoisotopic (exact) mass is 485 g/mol. The zero-order chi connectivity index (χ0) is 23.8. The highest BCUT2D eigenvalue weighted by Gasteiger charge is 2.43. The first-order valence-corrected chi connectivity index (χ1v) is 13.9. The minimum atomic E-state index is -0.480. The topological polar surface area (TPSA) is 26.0 Å². The van der Waals surface area contributed by atoms with Crippen LogP contribution in [-0.4, -0.2) is 0 Å². The number of unbranched alkanes of at least 4 members (excludes halogenated alkanes) is 13. The Balaban J connectivity index is 0.00000578. The zero-order valence-corrected chi connectivity index (χ0v) is 23.2. The molecule has 0 spiro atoms. The average molecular weight is 486 g/mol. The zero-order valence-electron chi connectivity index (χ0n) is 22.4. The summed E-state index contributed by atoms with van der Waals surface area (Å²) < 4.78 is 0. The van der Waals surface area contributed by atoms with Crippen LogP contribution >= 0.6 is 12.4 Å². The summed E-state index contributed by atoms with van der Waals surface area (Å²) in [5, 5.41) is 0. The van der Waals surface area contributed by atoms with E-state index in [-0.39, 0.29) is 17.8 Å². The van der Waals surface area contributed by atoms with Gasteiger partial charge in [0.2, 0.25) is 0 Å². The molecule has 0 saturated heterocycles. The van der Waals surface area contributed by atoms with Gasteiger partial charge >= 0.3 is 0 Å². The standard InChI is InChI=1S/C32H51N.ClH/c1-4-5-6-7-8-9-10-11-12-13-14-15-16-23-28-31(2,3)32(33,29-24-19-17-20-25-29)30-26-21-18-22-27-30;/h17-22,24-27H,4-16,23,28,33H2,1-3H3;1H. The number of hydrogen-bond acceptors (Lipinski definition) is 1. The molecule has 2 aromatic rings. The van der Waals surface area contributed by atoms with Gasteiger partial charge in [-0.2, -0.15) is 0 Å². The predicted octanol–water partition coefficient (Wildman–Crippen LogP) is 10.2. The van der Waals surface area contributed by atoms with Crippen molar-refractivity contribution in [2.45, 2.75) is 123 Å². The van der Waals surface area contributed by atoms with Crippen LogP contribution in [0.1, 0.15) is 128 Å². The normalized spacial score (nSPS) is 11.9. The van der Waals surface area contributed by atoms with Gasteiger partial charge in [-0.15, -0.1) is 12.4 Å². The molecule has 0 aliphatic rings. The molecule has 1 nitrogen and oxygen atoms in total. The van der Waals surface area contributed by atoms with E-state index in [0.29, 0.717) is 0 Å². The van der Waals surface area contributed by atoms with Gasteiger partial charge in [0.25, 0.3) is 0 Å². The van der Waals surface area contributed by atoms with Crippen molar-refractivity contribution in [3.05, 3.63) is 71.8 Å². The van der Waals surface area contributed by atoms with Crippen molar-refractivity contribution < 1.29 is 0 Å². The summed E-state index contributed by atoms with van der Waals surface area (Å²) in [5.41, 5.74) is 9.20. The summed E-state index contributed by atoms with van der Waals surface area (Å²) in [6, 6.07) is 21.4. The lowest BCUT2D eigenvalue weighted by Crippen LogP contribution is -2.50. The molecule has 0 radical (unpaired) electrons. The molecule has 2 N–H and O–H groups in total. The summed E-state index contributed by atoms with van der Waals surface area (Å²) in [6.07, 6.45) is 20.7. The third kappa shape index (κ3) is 9.74. The molecule has 0 aliphatic carbocycles. The maximum Gasteiger partial charge on any atom is 0.0717 e. The van der Waals surface area contributed by atoms with Crippen LogP contribution in [0.4, 0.5) is 0 Å². The van der Waals surface area contributed by atoms with Crippen molar-refractivity contribution in [2.24, 2.45) is 11.1 Å². The van der Waals surface area contributed by atoms with Crippen LogP contribution in [0.5, 0.6) is 0 Å². The van der Waals surface area contributed by atoms with Gasteiger partial charge < -0.3 is 5.73 Å². The van der Waals surface area contributed by atoms with Crippen LogP contribution < -0.4 is 5.73 Å². The van der Waals surface area contributed by atoms with E-state index < -0.39 is 5.54 Å². The molecule has 0 unspecified atom stereocenters. The quantitative estimate of drug-likeness (QED) is 0.209. The maximum absolute atomic E-state index is 7.27. The molecule has 192 valence electrons. The molecule has 0 heterocycles. The Hall–Kier alpha value is -1.31. The van der Waals surface area contributed by atoms with Crippen LogP contribution in [0.2, 0.25) is 0 Å². The van der Waals surface area contributed by atoms with Crippen LogP contribution in [0, 0.1) is 5.41 Å². The molecule has 0 aromatic heterocycles. The van der Waals surface area contributed by atoms with E-state index in [1.54, 1.807) is 0 Å². The van der Waals surface area contributed by atoms with E-state index >= 15 is 0 Å². The maximum atomic E-state index is 7.27. The first-order chi connectivity index (χ1) is 16.0. The molecule has 0 amide bonds. The van der Waals surface area contributed by atoms with Crippen LogP contribution in [0.25, 0.3) is 0 Å². The predicted molar refractivity (Wildman–Crippen MR) is 154 cm³/mol. The fourth-order valence-electron chi connectivity index (χ4n) is 5.31. The van der Waals surface area contributed by atoms with E-state index in [9.17, 15) is 0 Å². The molecule has 0 atom stereocenters. The van der Waals surface area contributed by atoms with Gasteiger partial charge in [-0.25, -0.2) is 0 Å². The smallest absolute Gasteiger partial charge is 0.0717 e. The van der Waals surface area contributed by atoms with Gasteiger partial charge in [-0.1, -0.05) is 171 Å². The highest BCUT2D eigenvalue weighted by Crippen LogP contribution is 2.46. The van der Waals surface area contributed by atoms with Crippen molar-refractivity contribution >= 4 is 12.4 Å². The fourth-order valence-corrected chi connectivity index (χ4v) is 5.31. The molecule has 2 heteroatoms. The second-order valence-electron chi connectivity index (χ2n) is 10.8. The minimum absolute atomic E-state index is 0. The molecule has 34 heavy (non-hydrogen) atoms. The van der Waals surface area contributed by atoms with Crippen molar-refractivity contribution in [3.63, 3.8) is 0 Å². The Morgan fingerprint density at radius 1 is 0.529 bits per heavy atom. The molecular formula is C32H52ClN. The molecule has 0 aliphatic heterocycles. The van der Waals surface area contributed by atoms with Gasteiger partial charge in [0.1, 0.15) is 0 Å². The van der Waals surface area contributed by atoms with Gasteiger partial charge in [0, 0.05) is 0 Å². The van der Waals surface area contributed by atoms with Gasteiger partial charge in [0.15, 0.2) is 0 Å². The highest BCUT2D eigenvalue weighted by atomic mass is 35.5. The van der Waals surface area contributed by atoms with Gasteiger partial charge in [-0.05, 0) is 23.0 Å². The third-order valence-corrected chi connectivity index (χ3v) is 7.68. The molecular weight excluding hydrogens is 434 g/mol. The lowest BCUT2D eigenvalue weighted by atomic mass is 9.63. The lowest BCUT2D eigenvalue weighted by molar-refractivity contribution is 0.182. The number of rotatable bonds is 18. The number of hydrogen-bond donors (Lipinski definition) is 1. The van der Waals surface area contributed by atoms with E-state index in [1.807, 2.05) is 0 Å². The minimum Gasteiger partial charge on any atom is -0.317 e. The second-order valence-corrected chi connectivity index (χ2v) is 10.8.